The van der Waals surface area contributed by atoms with E-state index in [-0.39, 0.29) is 23.0 Å². The number of nitrogens with one attached hydrogen (secondary N) is 2. The van der Waals surface area contributed by atoms with Gasteiger partial charge in [0.25, 0.3) is 5.56 Å². The van der Waals surface area contributed by atoms with Gasteiger partial charge in [-0.05, 0) is 42.0 Å². The quantitative estimate of drug-likeness (QED) is 0.300. The number of aromatic nitrogens is 3. The first-order chi connectivity index (χ1) is 16.8. The van der Waals surface area contributed by atoms with Gasteiger partial charge in [0.15, 0.2) is 0 Å². The van der Waals surface area contributed by atoms with Gasteiger partial charge in [0.05, 0.1) is 11.9 Å². The molecule has 4 rings (SSSR count). The minimum absolute atomic E-state index is 0.0267. The predicted molar refractivity (Wildman–Crippen MR) is 122 cm³/mol. The van der Waals surface area contributed by atoms with E-state index in [2.05, 4.69) is 25.5 Å². The second kappa shape index (κ2) is 9.88. The summed E-state index contributed by atoms with van der Waals surface area (Å²) in [5.41, 5.74) is 2.28. The topological polar surface area (TPSA) is 116 Å². The van der Waals surface area contributed by atoms with Crippen molar-refractivity contribution in [2.24, 2.45) is 5.10 Å². The Bertz CT molecular complexity index is 1460. The molecule has 0 aliphatic carbocycles. The summed E-state index contributed by atoms with van der Waals surface area (Å²) >= 11 is 0. The molecule has 35 heavy (non-hydrogen) atoms. The van der Waals surface area contributed by atoms with Crippen LogP contribution in [0.2, 0.25) is 0 Å². The molecule has 2 aromatic carbocycles. The minimum Gasteiger partial charge on any atom is -0.438 e. The maximum atomic E-state index is 13.1. The lowest BCUT2D eigenvalue weighted by molar-refractivity contribution is -0.138. The zero-order valence-electron chi connectivity index (χ0n) is 17.7. The van der Waals surface area contributed by atoms with Crippen molar-refractivity contribution in [1.29, 1.82) is 5.26 Å². The number of halogens is 3. The zero-order chi connectivity index (χ0) is 24.8. The van der Waals surface area contributed by atoms with Gasteiger partial charge in [-0.25, -0.2) is 15.4 Å². The number of nitrogens with zero attached hydrogens (tertiary/aromatic N) is 4. The van der Waals surface area contributed by atoms with E-state index in [1.807, 2.05) is 6.07 Å². The van der Waals surface area contributed by atoms with Crippen LogP contribution in [0.1, 0.15) is 16.7 Å². The Morgan fingerprint density at radius 3 is 2.49 bits per heavy atom. The summed E-state index contributed by atoms with van der Waals surface area (Å²) in [7, 11) is 0. The van der Waals surface area contributed by atoms with Crippen LogP contribution in [0.3, 0.4) is 0 Å². The van der Waals surface area contributed by atoms with Gasteiger partial charge in [-0.15, -0.1) is 0 Å². The van der Waals surface area contributed by atoms with Gasteiger partial charge in [-0.3, -0.25) is 9.78 Å². The van der Waals surface area contributed by atoms with Crippen molar-refractivity contribution in [2.45, 2.75) is 6.18 Å². The van der Waals surface area contributed by atoms with Crippen LogP contribution in [0, 0.1) is 11.3 Å². The highest BCUT2D eigenvalue weighted by molar-refractivity contribution is 5.80. The van der Waals surface area contributed by atoms with Crippen molar-refractivity contribution in [3.63, 3.8) is 0 Å². The molecule has 0 radical (unpaired) electrons. The molecule has 0 saturated heterocycles. The number of hydrogen-bond donors (Lipinski definition) is 2. The largest absolute Gasteiger partial charge is 0.438 e. The van der Waals surface area contributed by atoms with Gasteiger partial charge in [0.2, 0.25) is 11.8 Å². The number of ether oxygens (including phenoxy) is 1. The first-order valence-electron chi connectivity index (χ1n) is 10.0. The Balaban J connectivity index is 1.48. The van der Waals surface area contributed by atoms with Gasteiger partial charge in [0, 0.05) is 11.8 Å². The average Bonchev–Trinajstić information content (AvgIpc) is 2.85. The van der Waals surface area contributed by atoms with Gasteiger partial charge in [-0.1, -0.05) is 30.3 Å². The number of hydrogen-bond acceptors (Lipinski definition) is 7. The van der Waals surface area contributed by atoms with Crippen LogP contribution in [0.5, 0.6) is 11.6 Å². The molecule has 0 amide bonds. The Morgan fingerprint density at radius 1 is 1.06 bits per heavy atom. The molecule has 0 aliphatic heterocycles. The van der Waals surface area contributed by atoms with E-state index in [1.54, 1.807) is 42.5 Å². The first kappa shape index (κ1) is 23.2. The minimum atomic E-state index is -4.59. The molecule has 0 fully saturated rings. The molecule has 0 atom stereocenters. The first-order valence-corrected chi connectivity index (χ1v) is 10.0. The van der Waals surface area contributed by atoms with Crippen LogP contribution in [0.15, 0.2) is 82.8 Å². The Labute approximate surface area is 196 Å². The highest BCUT2D eigenvalue weighted by Gasteiger charge is 2.35. The molecule has 2 aromatic heterocycles. The predicted octanol–water partition coefficient (Wildman–Crippen LogP) is 4.96. The fraction of sp³-hybridized carbons (Fsp3) is 0.0417. The number of benzene rings is 2. The Morgan fingerprint density at radius 2 is 1.80 bits per heavy atom. The molecule has 0 aliphatic rings. The van der Waals surface area contributed by atoms with E-state index in [9.17, 15) is 23.2 Å². The number of pyridine rings is 1. The second-order valence-corrected chi connectivity index (χ2v) is 7.01. The summed E-state index contributed by atoms with van der Waals surface area (Å²) in [6, 6.07) is 18.8. The molecule has 0 saturated carbocycles. The molecule has 174 valence electrons. The fourth-order valence-corrected chi connectivity index (χ4v) is 3.02. The molecule has 11 heteroatoms. The number of alkyl halides is 3. The summed E-state index contributed by atoms with van der Waals surface area (Å²) in [6.45, 7) is 0. The molecule has 0 spiro atoms. The third kappa shape index (κ3) is 5.51. The maximum Gasteiger partial charge on any atom is 0.421 e. The van der Waals surface area contributed by atoms with Crippen LogP contribution in [-0.2, 0) is 6.18 Å². The Kier molecular flexibility index (Phi) is 6.55. The number of nitriles is 1. The van der Waals surface area contributed by atoms with Crippen molar-refractivity contribution < 1.29 is 17.9 Å². The van der Waals surface area contributed by atoms with Crippen LogP contribution >= 0.6 is 0 Å². The van der Waals surface area contributed by atoms with E-state index in [0.717, 1.165) is 6.07 Å². The fourth-order valence-electron chi connectivity index (χ4n) is 3.02. The third-order valence-electron chi connectivity index (χ3n) is 4.63. The lowest BCUT2D eigenvalue weighted by Crippen LogP contribution is -2.16. The van der Waals surface area contributed by atoms with Crippen LogP contribution in [-0.4, -0.2) is 21.2 Å². The lowest BCUT2D eigenvalue weighted by atomic mass is 10.1. The van der Waals surface area contributed by atoms with E-state index >= 15 is 0 Å². The highest BCUT2D eigenvalue weighted by atomic mass is 19.4. The number of anilines is 1. The van der Waals surface area contributed by atoms with Crippen LogP contribution in [0.25, 0.3) is 11.3 Å². The number of rotatable bonds is 6. The number of hydrazone groups is 1. The zero-order valence-corrected chi connectivity index (χ0v) is 17.7. The molecule has 0 unspecified atom stereocenters. The second-order valence-electron chi connectivity index (χ2n) is 7.01. The Hall–Kier alpha value is -4.98. The van der Waals surface area contributed by atoms with Crippen molar-refractivity contribution in [3.05, 3.63) is 100.0 Å². The molecule has 2 heterocycles. The monoisotopic (exact) mass is 476 g/mol. The van der Waals surface area contributed by atoms with Gasteiger partial charge >= 0.3 is 6.18 Å². The van der Waals surface area contributed by atoms with Crippen molar-refractivity contribution in [1.82, 2.24) is 15.0 Å². The molecular weight excluding hydrogens is 461 g/mol. The molecule has 2 N–H and O–H groups in total. The van der Waals surface area contributed by atoms with Gasteiger partial charge in [0.1, 0.15) is 22.9 Å². The highest BCUT2D eigenvalue weighted by Crippen LogP contribution is 2.36. The molecule has 0 bridgehead atoms. The van der Waals surface area contributed by atoms with Crippen molar-refractivity contribution >= 4 is 12.2 Å². The normalized spacial score (nSPS) is 11.3. The average molecular weight is 476 g/mol. The SMILES string of the molecule is N#Cc1c(-c2ccccc2)nc(NN=Cc2ccc(Oc3ncccc3C(F)(F)F)cc2)[nH]c1=O. The van der Waals surface area contributed by atoms with Gasteiger partial charge in [-0.2, -0.15) is 23.5 Å². The van der Waals surface area contributed by atoms with E-state index in [4.69, 9.17) is 4.74 Å². The molecular formula is C24H15F3N6O2. The summed E-state index contributed by atoms with van der Waals surface area (Å²) in [4.78, 5) is 22.6. The summed E-state index contributed by atoms with van der Waals surface area (Å²) in [5, 5.41) is 13.3. The van der Waals surface area contributed by atoms with Gasteiger partial charge < -0.3 is 4.74 Å². The van der Waals surface area contributed by atoms with Crippen molar-refractivity contribution in [3.8, 4) is 29.0 Å². The summed E-state index contributed by atoms with van der Waals surface area (Å²) in [6.07, 6.45) is -1.98. The molecule has 8 nitrogen and oxygen atoms in total. The van der Waals surface area contributed by atoms with E-state index in [1.165, 1.54) is 30.6 Å². The smallest absolute Gasteiger partial charge is 0.421 e. The molecule has 4 aromatic rings. The maximum absolute atomic E-state index is 13.1. The van der Waals surface area contributed by atoms with Crippen LogP contribution < -0.4 is 15.7 Å². The van der Waals surface area contributed by atoms with E-state index < -0.39 is 23.2 Å². The lowest BCUT2D eigenvalue weighted by Gasteiger charge is -2.12. The van der Waals surface area contributed by atoms with E-state index in [0.29, 0.717) is 11.1 Å². The van der Waals surface area contributed by atoms with Crippen LogP contribution in [0.4, 0.5) is 19.1 Å². The van der Waals surface area contributed by atoms with Crippen molar-refractivity contribution in [2.75, 3.05) is 5.43 Å². The summed E-state index contributed by atoms with van der Waals surface area (Å²) < 4.78 is 44.6. The number of aromatic amines is 1. The standard InChI is InChI=1S/C24H15F3N6O2/c25-24(26,27)19-7-4-12-29-22(19)35-17-10-8-15(9-11-17)14-30-33-23-31-20(16-5-2-1-3-6-16)18(13-28)21(34)32-23/h1-12,14H,(H2,31,32,33,34). The number of H-pyrrole nitrogens is 1. The third-order valence-corrected chi connectivity index (χ3v) is 4.63. The summed E-state index contributed by atoms with van der Waals surface area (Å²) in [5.74, 6) is -0.364.